The number of nitrogens with one attached hydrogen (secondary N) is 2. The summed E-state index contributed by atoms with van der Waals surface area (Å²) >= 11 is 2.91. The average Bonchev–Trinajstić information content (AvgIpc) is 3.06. The largest absolute Gasteiger partial charge is 0.358 e. The predicted octanol–water partition coefficient (Wildman–Crippen LogP) is 4.21. The van der Waals surface area contributed by atoms with Gasteiger partial charge in [-0.05, 0) is 63.1 Å². The van der Waals surface area contributed by atoms with Crippen LogP contribution in [0.4, 0.5) is 5.13 Å². The summed E-state index contributed by atoms with van der Waals surface area (Å²) in [5, 5.41) is 15.3. The van der Waals surface area contributed by atoms with Crippen molar-refractivity contribution in [3.05, 3.63) is 34.9 Å². The van der Waals surface area contributed by atoms with E-state index < -0.39 is 0 Å². The van der Waals surface area contributed by atoms with E-state index in [0.717, 1.165) is 15.9 Å². The minimum atomic E-state index is 0.0166. The van der Waals surface area contributed by atoms with Crippen molar-refractivity contribution in [1.82, 2.24) is 15.5 Å². The normalized spacial score (nSPS) is 14.8. The number of thioether (sulfide) groups is 1. The van der Waals surface area contributed by atoms with Crippen molar-refractivity contribution in [2.45, 2.75) is 62.9 Å². The van der Waals surface area contributed by atoms with Gasteiger partial charge >= 0.3 is 0 Å². The number of aromatic nitrogens is 2. The second-order valence-corrected chi connectivity index (χ2v) is 9.19. The summed E-state index contributed by atoms with van der Waals surface area (Å²) in [6, 6.07) is 6.98. The maximum atomic E-state index is 12.3. The molecule has 0 fully saturated rings. The number of carbonyl (C=O) groups is 1. The SMILES string of the molecule is CC(C)Nc1nnc(SCC(=O)N[C@H](C)c2ccc3c(c2)CCCC3)s1. The second-order valence-electron chi connectivity index (χ2n) is 6.99. The average molecular weight is 391 g/mol. The molecule has 1 atom stereocenters. The van der Waals surface area contributed by atoms with Crippen molar-refractivity contribution in [3.63, 3.8) is 0 Å². The Morgan fingerprint density at radius 2 is 1.96 bits per heavy atom. The van der Waals surface area contributed by atoms with E-state index >= 15 is 0 Å². The molecule has 0 radical (unpaired) electrons. The van der Waals surface area contributed by atoms with Crippen LogP contribution < -0.4 is 10.6 Å². The molecule has 26 heavy (non-hydrogen) atoms. The molecular formula is C19H26N4OS2. The Hall–Kier alpha value is -1.60. The summed E-state index contributed by atoms with van der Waals surface area (Å²) in [6.45, 7) is 6.16. The summed E-state index contributed by atoms with van der Waals surface area (Å²) < 4.78 is 0.810. The Morgan fingerprint density at radius 1 is 1.19 bits per heavy atom. The third-order valence-electron chi connectivity index (χ3n) is 4.40. The molecule has 1 heterocycles. The fraction of sp³-hybridized carbons (Fsp3) is 0.526. The first-order valence-corrected chi connectivity index (χ1v) is 11.0. The summed E-state index contributed by atoms with van der Waals surface area (Å²) in [6.07, 6.45) is 4.89. The van der Waals surface area contributed by atoms with Gasteiger partial charge in [-0.1, -0.05) is 41.3 Å². The molecule has 0 unspecified atom stereocenters. The lowest BCUT2D eigenvalue weighted by Gasteiger charge is -2.20. The Bertz CT molecular complexity index is 760. The van der Waals surface area contributed by atoms with Crippen LogP contribution in [0.15, 0.2) is 22.5 Å². The van der Waals surface area contributed by atoms with Crippen LogP contribution in [-0.4, -0.2) is 27.9 Å². The van der Waals surface area contributed by atoms with Crippen LogP contribution in [0, 0.1) is 0 Å². The molecule has 0 saturated heterocycles. The molecule has 2 aromatic rings. The van der Waals surface area contributed by atoms with Gasteiger partial charge in [0.25, 0.3) is 0 Å². The fourth-order valence-corrected chi connectivity index (χ4v) is 4.80. The van der Waals surface area contributed by atoms with Gasteiger partial charge in [-0.3, -0.25) is 4.79 Å². The van der Waals surface area contributed by atoms with Crippen molar-refractivity contribution >= 4 is 34.1 Å². The highest BCUT2D eigenvalue weighted by Crippen LogP contribution is 2.27. The molecule has 1 amide bonds. The zero-order chi connectivity index (χ0) is 18.5. The fourth-order valence-electron chi connectivity index (χ4n) is 3.09. The molecule has 3 rings (SSSR count). The molecule has 1 aliphatic carbocycles. The third kappa shape index (κ3) is 5.20. The maximum absolute atomic E-state index is 12.3. The van der Waals surface area contributed by atoms with E-state index in [1.807, 2.05) is 6.92 Å². The quantitative estimate of drug-likeness (QED) is 0.693. The highest BCUT2D eigenvalue weighted by Gasteiger charge is 2.15. The summed E-state index contributed by atoms with van der Waals surface area (Å²) in [5.41, 5.74) is 4.10. The molecular weight excluding hydrogens is 364 g/mol. The van der Waals surface area contributed by atoms with Crippen LogP contribution in [0.2, 0.25) is 0 Å². The first-order chi connectivity index (χ1) is 12.5. The van der Waals surface area contributed by atoms with E-state index in [1.165, 1.54) is 59.1 Å². The van der Waals surface area contributed by atoms with Crippen molar-refractivity contribution in [3.8, 4) is 0 Å². The van der Waals surface area contributed by atoms with E-state index in [1.54, 1.807) is 0 Å². The number of aryl methyl sites for hydroxylation is 2. The van der Waals surface area contributed by atoms with E-state index in [2.05, 4.69) is 52.9 Å². The molecule has 0 spiro atoms. The highest BCUT2D eigenvalue weighted by atomic mass is 32.2. The van der Waals surface area contributed by atoms with E-state index in [0.29, 0.717) is 11.8 Å². The van der Waals surface area contributed by atoms with Gasteiger partial charge in [-0.15, -0.1) is 10.2 Å². The molecule has 5 nitrogen and oxygen atoms in total. The van der Waals surface area contributed by atoms with Gasteiger partial charge in [0.1, 0.15) is 0 Å². The van der Waals surface area contributed by atoms with E-state index in [9.17, 15) is 4.79 Å². The minimum Gasteiger partial charge on any atom is -0.358 e. The van der Waals surface area contributed by atoms with Gasteiger partial charge in [0, 0.05) is 6.04 Å². The van der Waals surface area contributed by atoms with Gasteiger partial charge in [-0.2, -0.15) is 0 Å². The standard InChI is InChI=1S/C19H26N4OS2/c1-12(2)20-18-22-23-19(26-18)25-11-17(24)21-13(3)15-9-8-14-6-4-5-7-16(14)10-15/h8-10,12-13H,4-7,11H2,1-3H3,(H,20,22)(H,21,24)/t13-/m1/s1. The number of amides is 1. The second kappa shape index (κ2) is 8.86. The Kier molecular flexibility index (Phi) is 6.53. The van der Waals surface area contributed by atoms with Crippen molar-refractivity contribution in [1.29, 1.82) is 0 Å². The number of anilines is 1. The number of nitrogens with zero attached hydrogens (tertiary/aromatic N) is 2. The van der Waals surface area contributed by atoms with Crippen LogP contribution >= 0.6 is 23.1 Å². The molecule has 1 aliphatic rings. The third-order valence-corrected chi connectivity index (χ3v) is 6.38. The number of hydrogen-bond acceptors (Lipinski definition) is 6. The highest BCUT2D eigenvalue weighted by molar-refractivity contribution is 8.01. The number of fused-ring (bicyclic) bond motifs is 1. The first-order valence-electron chi connectivity index (χ1n) is 9.15. The Labute approximate surface area is 163 Å². The van der Waals surface area contributed by atoms with E-state index in [-0.39, 0.29) is 11.9 Å². The van der Waals surface area contributed by atoms with Crippen molar-refractivity contribution in [2.24, 2.45) is 0 Å². The molecule has 7 heteroatoms. The summed E-state index contributed by atoms with van der Waals surface area (Å²) in [7, 11) is 0. The number of benzene rings is 1. The maximum Gasteiger partial charge on any atom is 0.230 e. The van der Waals surface area contributed by atoms with Crippen molar-refractivity contribution < 1.29 is 4.79 Å². The lowest BCUT2D eigenvalue weighted by molar-refractivity contribution is -0.119. The Morgan fingerprint density at radius 3 is 2.73 bits per heavy atom. The molecule has 140 valence electrons. The van der Waals surface area contributed by atoms with Gasteiger partial charge < -0.3 is 10.6 Å². The number of rotatable bonds is 7. The lowest BCUT2D eigenvalue weighted by Crippen LogP contribution is -2.28. The van der Waals surface area contributed by atoms with Crippen molar-refractivity contribution in [2.75, 3.05) is 11.1 Å². The first kappa shape index (κ1) is 19.2. The van der Waals surface area contributed by atoms with Crippen LogP contribution in [0.5, 0.6) is 0 Å². The smallest absolute Gasteiger partial charge is 0.230 e. The minimum absolute atomic E-state index is 0.0166. The topological polar surface area (TPSA) is 66.9 Å². The zero-order valence-electron chi connectivity index (χ0n) is 15.5. The molecule has 0 bridgehead atoms. The van der Waals surface area contributed by atoms with Crippen LogP contribution in [0.25, 0.3) is 0 Å². The molecule has 1 aromatic carbocycles. The predicted molar refractivity (Wildman–Crippen MR) is 109 cm³/mol. The number of hydrogen-bond donors (Lipinski definition) is 2. The molecule has 0 saturated carbocycles. The van der Waals surface area contributed by atoms with Crippen LogP contribution in [-0.2, 0) is 17.6 Å². The zero-order valence-corrected chi connectivity index (χ0v) is 17.2. The van der Waals surface area contributed by atoms with E-state index in [4.69, 9.17) is 0 Å². The molecule has 1 aromatic heterocycles. The van der Waals surface area contributed by atoms with Gasteiger partial charge in [-0.25, -0.2) is 0 Å². The van der Waals surface area contributed by atoms with Gasteiger partial charge in [0.2, 0.25) is 11.0 Å². The van der Waals surface area contributed by atoms with Crippen LogP contribution in [0.1, 0.15) is 56.3 Å². The lowest BCUT2D eigenvalue weighted by atomic mass is 9.89. The van der Waals surface area contributed by atoms with Gasteiger partial charge in [0.05, 0.1) is 11.8 Å². The Balaban J connectivity index is 1.50. The monoisotopic (exact) mass is 390 g/mol. The summed E-state index contributed by atoms with van der Waals surface area (Å²) in [5.74, 6) is 0.375. The summed E-state index contributed by atoms with van der Waals surface area (Å²) in [4.78, 5) is 12.3. The number of carbonyl (C=O) groups excluding carboxylic acids is 1. The molecule has 0 aliphatic heterocycles. The molecule has 2 N–H and O–H groups in total. The van der Waals surface area contributed by atoms with Crippen LogP contribution in [0.3, 0.4) is 0 Å². The van der Waals surface area contributed by atoms with Gasteiger partial charge in [0.15, 0.2) is 4.34 Å².